The van der Waals surface area contributed by atoms with E-state index in [1.807, 2.05) is 0 Å². The average Bonchev–Trinajstić information content (AvgIpc) is 2.62. The Balaban J connectivity index is 2.09. The first-order valence-electron chi connectivity index (χ1n) is 9.25. The Bertz CT molecular complexity index is 644. The number of carbonyl (C=O) groups is 1. The fourth-order valence-corrected chi connectivity index (χ4v) is 3.56. The summed E-state index contributed by atoms with van der Waals surface area (Å²) in [7, 11) is 3.48. The van der Waals surface area contributed by atoms with E-state index in [-0.39, 0.29) is 23.7 Å². The van der Waals surface area contributed by atoms with Crippen molar-refractivity contribution in [3.05, 3.63) is 33.9 Å². The van der Waals surface area contributed by atoms with E-state index >= 15 is 0 Å². The van der Waals surface area contributed by atoms with Crippen LogP contribution in [0.1, 0.15) is 49.9 Å². The van der Waals surface area contributed by atoms with Gasteiger partial charge in [0.1, 0.15) is 5.69 Å². The molecule has 2 atom stereocenters. The van der Waals surface area contributed by atoms with Crippen LogP contribution in [0.5, 0.6) is 0 Å². The van der Waals surface area contributed by atoms with Gasteiger partial charge in [-0.25, -0.2) is 0 Å². The van der Waals surface area contributed by atoms with Crippen molar-refractivity contribution in [2.45, 2.75) is 51.7 Å². The summed E-state index contributed by atoms with van der Waals surface area (Å²) in [6.07, 6.45) is 3.82. The molecule has 2 unspecified atom stereocenters. The Morgan fingerprint density at radius 2 is 2.08 bits per heavy atom. The molecule has 0 aliphatic carbocycles. The quantitative estimate of drug-likeness (QED) is 0.593. The minimum Gasteiger partial charge on any atom is -0.378 e. The molecule has 1 amide bonds. The van der Waals surface area contributed by atoms with Gasteiger partial charge in [-0.15, -0.1) is 0 Å². The molecule has 2 rings (SSSR count). The van der Waals surface area contributed by atoms with Crippen molar-refractivity contribution in [3.63, 3.8) is 0 Å². The molecular weight excluding hydrogens is 334 g/mol. The number of ether oxygens (including phenoxy) is 1. The van der Waals surface area contributed by atoms with Crippen LogP contribution >= 0.6 is 0 Å². The monoisotopic (exact) mass is 363 g/mol. The van der Waals surface area contributed by atoms with Gasteiger partial charge in [0.05, 0.1) is 11.0 Å². The van der Waals surface area contributed by atoms with E-state index in [2.05, 4.69) is 19.2 Å². The number of amides is 1. The van der Waals surface area contributed by atoms with Crippen LogP contribution in [-0.2, 0) is 4.74 Å². The average molecular weight is 363 g/mol. The number of hydrogen-bond acceptors (Lipinski definition) is 5. The number of nitro benzene ring substituents is 1. The molecule has 0 spiro atoms. The summed E-state index contributed by atoms with van der Waals surface area (Å²) >= 11 is 0. The Morgan fingerprint density at radius 3 is 2.65 bits per heavy atom. The number of nitrogens with zero attached hydrogens (tertiary/aromatic N) is 2. The van der Waals surface area contributed by atoms with Crippen molar-refractivity contribution in [2.75, 3.05) is 25.6 Å². The van der Waals surface area contributed by atoms with Crippen molar-refractivity contribution >= 4 is 17.3 Å². The Hall–Kier alpha value is -2.15. The maximum Gasteiger partial charge on any atom is 0.293 e. The topological polar surface area (TPSA) is 84.7 Å². The molecule has 1 aromatic carbocycles. The van der Waals surface area contributed by atoms with Gasteiger partial charge in [-0.05, 0) is 30.9 Å². The van der Waals surface area contributed by atoms with E-state index in [0.717, 1.165) is 25.7 Å². The molecule has 0 bridgehead atoms. The van der Waals surface area contributed by atoms with Crippen LogP contribution in [0.2, 0.25) is 0 Å². The van der Waals surface area contributed by atoms with Crippen LogP contribution in [0.4, 0.5) is 11.4 Å². The summed E-state index contributed by atoms with van der Waals surface area (Å²) in [5, 5.41) is 14.3. The van der Waals surface area contributed by atoms with E-state index < -0.39 is 4.92 Å². The highest BCUT2D eigenvalue weighted by Crippen LogP contribution is 2.28. The maximum atomic E-state index is 12.6. The highest BCUT2D eigenvalue weighted by atomic mass is 16.6. The van der Waals surface area contributed by atoms with Gasteiger partial charge in [-0.1, -0.05) is 26.7 Å². The molecule has 1 N–H and O–H groups in total. The van der Waals surface area contributed by atoms with Gasteiger partial charge in [0.2, 0.25) is 0 Å². The molecule has 1 fully saturated rings. The van der Waals surface area contributed by atoms with E-state index in [1.54, 1.807) is 31.1 Å². The van der Waals surface area contributed by atoms with Crippen LogP contribution in [0, 0.1) is 16.0 Å². The van der Waals surface area contributed by atoms with Crippen LogP contribution in [0.15, 0.2) is 18.2 Å². The number of hydrogen-bond donors (Lipinski definition) is 1. The zero-order valence-corrected chi connectivity index (χ0v) is 16.0. The summed E-state index contributed by atoms with van der Waals surface area (Å²) in [6.45, 7) is 4.95. The van der Waals surface area contributed by atoms with Crippen LogP contribution < -0.4 is 10.2 Å². The summed E-state index contributed by atoms with van der Waals surface area (Å²) in [6, 6.07) is 4.64. The third kappa shape index (κ3) is 4.72. The van der Waals surface area contributed by atoms with E-state index in [0.29, 0.717) is 23.8 Å². The SMILES string of the molecule is CCC(CC)C1CC(NC(=O)c2ccc(N(C)C)c([N+](=O)[O-])c2)CCO1. The molecule has 1 heterocycles. The minimum absolute atomic E-state index is 0.0365. The van der Waals surface area contributed by atoms with Gasteiger partial charge >= 0.3 is 0 Å². The highest BCUT2D eigenvalue weighted by molar-refractivity contribution is 5.96. The van der Waals surface area contributed by atoms with E-state index in [9.17, 15) is 14.9 Å². The van der Waals surface area contributed by atoms with Gasteiger partial charge in [0, 0.05) is 38.4 Å². The van der Waals surface area contributed by atoms with E-state index in [1.165, 1.54) is 6.07 Å². The fraction of sp³-hybridized carbons (Fsp3) is 0.632. The first-order chi connectivity index (χ1) is 12.4. The van der Waals surface area contributed by atoms with Crippen LogP contribution in [0.25, 0.3) is 0 Å². The van der Waals surface area contributed by atoms with Crippen molar-refractivity contribution < 1.29 is 14.5 Å². The third-order valence-corrected chi connectivity index (χ3v) is 5.14. The van der Waals surface area contributed by atoms with Gasteiger partial charge in [0.25, 0.3) is 11.6 Å². The molecule has 1 saturated heterocycles. The lowest BCUT2D eigenvalue weighted by molar-refractivity contribution is -0.384. The number of benzene rings is 1. The number of rotatable bonds is 7. The van der Waals surface area contributed by atoms with Crippen LogP contribution in [-0.4, -0.2) is 43.7 Å². The van der Waals surface area contributed by atoms with Crippen molar-refractivity contribution in [2.24, 2.45) is 5.92 Å². The normalized spacial score (nSPS) is 20.0. The molecular formula is C19H29N3O4. The molecule has 7 heteroatoms. The fourth-order valence-electron chi connectivity index (χ4n) is 3.56. The predicted octanol–water partition coefficient (Wildman–Crippen LogP) is 3.37. The first kappa shape index (κ1) is 20.2. The second kappa shape index (κ2) is 8.98. The molecule has 144 valence electrons. The van der Waals surface area contributed by atoms with E-state index in [4.69, 9.17) is 4.74 Å². The summed E-state index contributed by atoms with van der Waals surface area (Å²) in [5.41, 5.74) is 0.726. The van der Waals surface area contributed by atoms with Crippen molar-refractivity contribution in [1.29, 1.82) is 0 Å². The largest absolute Gasteiger partial charge is 0.378 e. The smallest absolute Gasteiger partial charge is 0.293 e. The Morgan fingerprint density at radius 1 is 1.38 bits per heavy atom. The molecule has 7 nitrogen and oxygen atoms in total. The standard InChI is InChI=1S/C19H29N3O4/c1-5-13(6-2)18-12-15(9-10-26-18)20-19(23)14-7-8-16(21(3)4)17(11-14)22(24)25/h7-8,11,13,15,18H,5-6,9-10,12H2,1-4H3,(H,20,23). The number of anilines is 1. The number of nitro groups is 1. The summed E-state index contributed by atoms with van der Waals surface area (Å²) in [5.74, 6) is 0.226. The van der Waals surface area contributed by atoms with Gasteiger partial charge in [-0.3, -0.25) is 14.9 Å². The minimum atomic E-state index is -0.455. The second-order valence-corrected chi connectivity index (χ2v) is 7.04. The van der Waals surface area contributed by atoms with Gasteiger partial charge in [-0.2, -0.15) is 0 Å². The Labute approximate surface area is 154 Å². The molecule has 1 aromatic rings. The molecule has 26 heavy (non-hydrogen) atoms. The lowest BCUT2D eigenvalue weighted by Crippen LogP contribution is -2.44. The first-order valence-corrected chi connectivity index (χ1v) is 9.25. The Kier molecular flexibility index (Phi) is 6.97. The highest BCUT2D eigenvalue weighted by Gasteiger charge is 2.29. The lowest BCUT2D eigenvalue weighted by Gasteiger charge is -2.34. The predicted molar refractivity (Wildman–Crippen MR) is 102 cm³/mol. The number of carbonyl (C=O) groups excluding carboxylic acids is 1. The third-order valence-electron chi connectivity index (χ3n) is 5.14. The maximum absolute atomic E-state index is 12.6. The van der Waals surface area contributed by atoms with Crippen molar-refractivity contribution in [3.8, 4) is 0 Å². The zero-order valence-electron chi connectivity index (χ0n) is 16.0. The molecule has 0 saturated carbocycles. The molecule has 1 aliphatic heterocycles. The lowest BCUT2D eigenvalue weighted by atomic mass is 9.89. The zero-order chi connectivity index (χ0) is 19.3. The second-order valence-electron chi connectivity index (χ2n) is 7.04. The van der Waals surface area contributed by atoms with Gasteiger partial charge in [0.15, 0.2) is 0 Å². The molecule has 0 radical (unpaired) electrons. The molecule has 1 aliphatic rings. The summed E-state index contributed by atoms with van der Waals surface area (Å²) in [4.78, 5) is 25.1. The van der Waals surface area contributed by atoms with Crippen LogP contribution in [0.3, 0.4) is 0 Å². The number of nitrogens with one attached hydrogen (secondary N) is 1. The van der Waals surface area contributed by atoms with Gasteiger partial charge < -0.3 is 15.0 Å². The molecule has 0 aromatic heterocycles. The summed E-state index contributed by atoms with van der Waals surface area (Å²) < 4.78 is 5.89. The van der Waals surface area contributed by atoms with Crippen molar-refractivity contribution in [1.82, 2.24) is 5.32 Å².